The fraction of sp³-hybridized carbons (Fsp3) is 0.0909. The van der Waals surface area contributed by atoms with E-state index < -0.39 is 0 Å². The lowest BCUT2D eigenvalue weighted by Gasteiger charge is -2.08. The van der Waals surface area contributed by atoms with Crippen LogP contribution in [0.2, 0.25) is 10.2 Å². The molecular formula is C11H10Cl2N4. The molecule has 6 heteroatoms. The van der Waals surface area contributed by atoms with E-state index in [0.717, 1.165) is 11.3 Å². The standard InChI is InChI=1S/C11H10Cl2N4/c1-6-2-3-8(7(12)4-6)15-10-5-9(13)16-11(14)17-10/h2-5H,1H3,(H3,14,15,16,17). The zero-order chi connectivity index (χ0) is 12.4. The van der Waals surface area contributed by atoms with Gasteiger partial charge in [0.15, 0.2) is 0 Å². The van der Waals surface area contributed by atoms with Crippen LogP contribution in [0.3, 0.4) is 0 Å². The van der Waals surface area contributed by atoms with Gasteiger partial charge in [0.1, 0.15) is 11.0 Å². The van der Waals surface area contributed by atoms with Crippen LogP contribution in [0.5, 0.6) is 0 Å². The zero-order valence-corrected chi connectivity index (χ0v) is 10.5. The second-order valence-electron chi connectivity index (χ2n) is 3.54. The van der Waals surface area contributed by atoms with Crippen molar-refractivity contribution in [2.24, 2.45) is 0 Å². The lowest BCUT2D eigenvalue weighted by Crippen LogP contribution is -2.00. The molecule has 2 aromatic rings. The summed E-state index contributed by atoms with van der Waals surface area (Å²) in [5.74, 6) is 0.622. The van der Waals surface area contributed by atoms with Crippen LogP contribution in [-0.4, -0.2) is 9.97 Å². The number of hydrogen-bond donors (Lipinski definition) is 2. The van der Waals surface area contributed by atoms with Gasteiger partial charge in [-0.1, -0.05) is 29.3 Å². The minimum Gasteiger partial charge on any atom is -0.368 e. The third kappa shape index (κ3) is 2.99. The average Bonchev–Trinajstić information content (AvgIpc) is 2.21. The van der Waals surface area contributed by atoms with Crippen molar-refractivity contribution in [1.29, 1.82) is 0 Å². The molecule has 0 spiro atoms. The fourth-order valence-electron chi connectivity index (χ4n) is 1.36. The molecular weight excluding hydrogens is 259 g/mol. The summed E-state index contributed by atoms with van der Waals surface area (Å²) in [5, 5.41) is 3.92. The molecule has 0 saturated heterocycles. The Bertz CT molecular complexity index is 537. The van der Waals surface area contributed by atoms with Crippen LogP contribution in [-0.2, 0) is 0 Å². The van der Waals surface area contributed by atoms with Gasteiger partial charge in [-0.2, -0.15) is 4.98 Å². The van der Waals surface area contributed by atoms with Crippen LogP contribution >= 0.6 is 23.2 Å². The van der Waals surface area contributed by atoms with Crippen molar-refractivity contribution in [3.63, 3.8) is 0 Å². The fourth-order valence-corrected chi connectivity index (χ4v) is 1.83. The highest BCUT2D eigenvalue weighted by Crippen LogP contribution is 2.26. The van der Waals surface area contributed by atoms with E-state index in [-0.39, 0.29) is 11.1 Å². The number of aromatic nitrogens is 2. The number of benzene rings is 1. The van der Waals surface area contributed by atoms with Gasteiger partial charge in [0.2, 0.25) is 5.95 Å². The molecule has 0 fully saturated rings. The van der Waals surface area contributed by atoms with E-state index in [1.54, 1.807) is 6.07 Å². The lowest BCUT2D eigenvalue weighted by atomic mass is 10.2. The summed E-state index contributed by atoms with van der Waals surface area (Å²) in [5.41, 5.74) is 7.32. The molecule has 2 rings (SSSR count). The van der Waals surface area contributed by atoms with Crippen molar-refractivity contribution >= 4 is 40.7 Å². The van der Waals surface area contributed by atoms with Gasteiger partial charge in [0, 0.05) is 6.07 Å². The molecule has 0 radical (unpaired) electrons. The first kappa shape index (κ1) is 12.0. The van der Waals surface area contributed by atoms with Gasteiger partial charge in [0.05, 0.1) is 10.7 Å². The maximum absolute atomic E-state index is 6.09. The molecule has 1 heterocycles. The van der Waals surface area contributed by atoms with Gasteiger partial charge >= 0.3 is 0 Å². The maximum atomic E-state index is 6.09. The Morgan fingerprint density at radius 3 is 2.59 bits per heavy atom. The van der Waals surface area contributed by atoms with E-state index in [1.807, 2.05) is 25.1 Å². The molecule has 0 aliphatic rings. The van der Waals surface area contributed by atoms with Crippen LogP contribution in [0, 0.1) is 6.92 Å². The number of aryl methyl sites for hydroxylation is 1. The summed E-state index contributed by atoms with van der Waals surface area (Å²) < 4.78 is 0. The number of nitrogens with one attached hydrogen (secondary N) is 1. The van der Waals surface area contributed by atoms with Gasteiger partial charge in [0.25, 0.3) is 0 Å². The topological polar surface area (TPSA) is 63.8 Å². The summed E-state index contributed by atoms with van der Waals surface area (Å²) in [7, 11) is 0. The monoisotopic (exact) mass is 268 g/mol. The van der Waals surface area contributed by atoms with Crippen LogP contribution in [0.1, 0.15) is 5.56 Å². The number of nitrogen functional groups attached to an aromatic ring is 1. The number of nitrogens with two attached hydrogens (primary N) is 1. The summed E-state index contributed by atoms with van der Waals surface area (Å²) >= 11 is 11.9. The Morgan fingerprint density at radius 2 is 1.94 bits per heavy atom. The summed E-state index contributed by atoms with van der Waals surface area (Å²) in [6, 6.07) is 7.24. The zero-order valence-electron chi connectivity index (χ0n) is 9.04. The van der Waals surface area contributed by atoms with E-state index in [0.29, 0.717) is 10.8 Å². The van der Waals surface area contributed by atoms with Gasteiger partial charge < -0.3 is 11.1 Å². The molecule has 88 valence electrons. The van der Waals surface area contributed by atoms with Crippen LogP contribution in [0.4, 0.5) is 17.5 Å². The molecule has 3 N–H and O–H groups in total. The Kier molecular flexibility index (Phi) is 3.36. The first-order chi connectivity index (χ1) is 8.04. The molecule has 0 aliphatic heterocycles. The molecule has 0 aliphatic carbocycles. The van der Waals surface area contributed by atoms with Crippen molar-refractivity contribution in [3.8, 4) is 0 Å². The van der Waals surface area contributed by atoms with E-state index >= 15 is 0 Å². The molecule has 0 unspecified atom stereocenters. The molecule has 1 aromatic carbocycles. The number of halogens is 2. The largest absolute Gasteiger partial charge is 0.368 e. The second kappa shape index (κ2) is 4.77. The normalized spacial score (nSPS) is 10.3. The Hall–Kier alpha value is -1.52. The number of rotatable bonds is 2. The molecule has 0 amide bonds. The van der Waals surface area contributed by atoms with Gasteiger partial charge in [-0.25, -0.2) is 4.98 Å². The van der Waals surface area contributed by atoms with Crippen molar-refractivity contribution < 1.29 is 0 Å². The Morgan fingerprint density at radius 1 is 1.18 bits per heavy atom. The van der Waals surface area contributed by atoms with Gasteiger partial charge in [-0.05, 0) is 24.6 Å². The molecule has 0 bridgehead atoms. The molecule has 0 saturated carbocycles. The molecule has 17 heavy (non-hydrogen) atoms. The van der Waals surface area contributed by atoms with Crippen LogP contribution < -0.4 is 11.1 Å². The minimum absolute atomic E-state index is 0.114. The predicted molar refractivity (Wildman–Crippen MR) is 70.9 cm³/mol. The van der Waals surface area contributed by atoms with Crippen LogP contribution in [0.25, 0.3) is 0 Å². The van der Waals surface area contributed by atoms with Gasteiger partial charge in [-0.15, -0.1) is 0 Å². The third-order valence-corrected chi connectivity index (χ3v) is 2.61. The van der Waals surface area contributed by atoms with Gasteiger partial charge in [-0.3, -0.25) is 0 Å². The minimum atomic E-state index is 0.114. The van der Waals surface area contributed by atoms with E-state index in [9.17, 15) is 0 Å². The average molecular weight is 269 g/mol. The first-order valence-electron chi connectivity index (χ1n) is 4.88. The Balaban J connectivity index is 2.31. The lowest BCUT2D eigenvalue weighted by molar-refractivity contribution is 1.18. The summed E-state index contributed by atoms with van der Waals surface area (Å²) in [6.45, 7) is 1.97. The second-order valence-corrected chi connectivity index (χ2v) is 4.34. The molecule has 0 atom stereocenters. The van der Waals surface area contributed by atoms with Crippen LogP contribution in [0.15, 0.2) is 24.3 Å². The predicted octanol–water partition coefficient (Wildman–Crippen LogP) is 3.42. The number of anilines is 3. The number of hydrogen-bond acceptors (Lipinski definition) is 4. The van der Waals surface area contributed by atoms with E-state index in [4.69, 9.17) is 28.9 Å². The highest BCUT2D eigenvalue weighted by Gasteiger charge is 2.04. The van der Waals surface area contributed by atoms with E-state index in [2.05, 4.69) is 15.3 Å². The van der Waals surface area contributed by atoms with Crippen molar-refractivity contribution in [1.82, 2.24) is 9.97 Å². The third-order valence-electron chi connectivity index (χ3n) is 2.10. The highest BCUT2D eigenvalue weighted by molar-refractivity contribution is 6.33. The van der Waals surface area contributed by atoms with Crippen molar-refractivity contribution in [3.05, 3.63) is 40.0 Å². The molecule has 1 aromatic heterocycles. The highest BCUT2D eigenvalue weighted by atomic mass is 35.5. The smallest absolute Gasteiger partial charge is 0.223 e. The number of nitrogens with zero attached hydrogens (tertiary/aromatic N) is 2. The molecule has 4 nitrogen and oxygen atoms in total. The van der Waals surface area contributed by atoms with Crippen molar-refractivity contribution in [2.75, 3.05) is 11.1 Å². The SMILES string of the molecule is Cc1ccc(Nc2cc(Cl)nc(N)n2)c(Cl)c1. The summed E-state index contributed by atoms with van der Waals surface area (Å²) in [4.78, 5) is 7.78. The van der Waals surface area contributed by atoms with E-state index in [1.165, 1.54) is 0 Å². The Labute approximate surface area is 109 Å². The first-order valence-corrected chi connectivity index (χ1v) is 5.63. The van der Waals surface area contributed by atoms with Crippen molar-refractivity contribution in [2.45, 2.75) is 6.92 Å². The maximum Gasteiger partial charge on any atom is 0.223 e. The quantitative estimate of drug-likeness (QED) is 0.820. The summed E-state index contributed by atoms with van der Waals surface area (Å²) in [6.07, 6.45) is 0.